The van der Waals surface area contributed by atoms with Crippen molar-refractivity contribution in [3.05, 3.63) is 70.1 Å². The molecule has 1 unspecified atom stereocenters. The van der Waals surface area contributed by atoms with E-state index >= 15 is 0 Å². The van der Waals surface area contributed by atoms with Gasteiger partial charge in [0.15, 0.2) is 15.5 Å². The first-order chi connectivity index (χ1) is 12.3. The van der Waals surface area contributed by atoms with Gasteiger partial charge in [0.05, 0.1) is 16.3 Å². The van der Waals surface area contributed by atoms with E-state index in [-0.39, 0.29) is 22.2 Å². The van der Waals surface area contributed by atoms with Crippen LogP contribution in [0.4, 0.5) is 0 Å². The lowest BCUT2D eigenvalue weighted by Gasteiger charge is -2.15. The number of fused-ring (bicyclic) bond motifs is 1. The third-order valence-electron chi connectivity index (χ3n) is 4.07. The summed E-state index contributed by atoms with van der Waals surface area (Å²) in [4.78, 5) is 24.6. The van der Waals surface area contributed by atoms with E-state index < -0.39 is 15.7 Å². The molecule has 7 nitrogen and oxygen atoms in total. The van der Waals surface area contributed by atoms with Gasteiger partial charge in [0.1, 0.15) is 0 Å². The summed E-state index contributed by atoms with van der Waals surface area (Å²) in [5.74, 6) is -0.433. The molecule has 0 radical (unpaired) electrons. The van der Waals surface area contributed by atoms with Crippen LogP contribution in [0.15, 0.2) is 58.2 Å². The maximum atomic E-state index is 12.6. The minimum absolute atomic E-state index is 0.125. The largest absolute Gasteiger partial charge is 0.344 e. The molecule has 0 saturated carbocycles. The molecule has 0 fully saturated rings. The number of nitrogens with one attached hydrogen (secondary N) is 2. The first-order valence-electron chi connectivity index (χ1n) is 7.85. The summed E-state index contributed by atoms with van der Waals surface area (Å²) in [5.41, 5.74) is 0.515. The fraction of sp³-hybridized carbons (Fsp3) is 0.167. The summed E-state index contributed by atoms with van der Waals surface area (Å²) < 4.78 is 23.0. The average Bonchev–Trinajstić information content (AvgIpc) is 2.61. The summed E-state index contributed by atoms with van der Waals surface area (Å²) in [6.45, 7) is 1.78. The Bertz CT molecular complexity index is 1140. The Morgan fingerprint density at radius 3 is 2.31 bits per heavy atom. The van der Waals surface area contributed by atoms with E-state index in [0.29, 0.717) is 10.8 Å². The topological polar surface area (TPSA) is 109 Å². The average molecular weight is 371 g/mol. The molecule has 1 aromatic heterocycles. The molecule has 0 saturated heterocycles. The second-order valence-corrected chi connectivity index (χ2v) is 8.00. The number of amides is 1. The Morgan fingerprint density at radius 1 is 1.08 bits per heavy atom. The third kappa shape index (κ3) is 3.50. The smallest absolute Gasteiger partial charge is 0.272 e. The lowest BCUT2D eigenvalue weighted by atomic mass is 10.1. The first kappa shape index (κ1) is 17.8. The highest BCUT2D eigenvalue weighted by molar-refractivity contribution is 7.90. The molecule has 1 amide bonds. The number of benzene rings is 2. The molecule has 0 spiro atoms. The number of carbonyl (C=O) groups excluding carboxylic acids is 1. The standard InChI is InChI=1S/C18H17N3O4S/c1-11(12-7-9-13(10-8-12)26(2,24)25)19-18(23)16-14-5-3-4-6-15(14)17(22)21-20-16/h3-11H,1-2H3,(H,19,23)(H,21,22). The third-order valence-corrected chi connectivity index (χ3v) is 5.20. The Hall–Kier alpha value is -3.00. The highest BCUT2D eigenvalue weighted by Crippen LogP contribution is 2.18. The molecule has 0 aliphatic heterocycles. The van der Waals surface area contributed by atoms with Crippen molar-refractivity contribution in [2.75, 3.05) is 6.26 Å². The van der Waals surface area contributed by atoms with Gasteiger partial charge in [-0.2, -0.15) is 5.10 Å². The minimum atomic E-state index is -3.27. The van der Waals surface area contributed by atoms with Crippen molar-refractivity contribution in [2.24, 2.45) is 0 Å². The van der Waals surface area contributed by atoms with Gasteiger partial charge in [0.2, 0.25) is 0 Å². The first-order valence-corrected chi connectivity index (χ1v) is 9.75. The number of aromatic amines is 1. The van der Waals surface area contributed by atoms with Crippen molar-refractivity contribution in [2.45, 2.75) is 17.9 Å². The molecule has 26 heavy (non-hydrogen) atoms. The predicted octanol–water partition coefficient (Wildman–Crippen LogP) is 1.82. The summed E-state index contributed by atoms with van der Waals surface area (Å²) >= 11 is 0. The maximum Gasteiger partial charge on any atom is 0.272 e. The van der Waals surface area contributed by atoms with Crippen LogP contribution in [-0.2, 0) is 9.84 Å². The number of aromatic nitrogens is 2. The van der Waals surface area contributed by atoms with Crippen LogP contribution in [0.5, 0.6) is 0 Å². The number of carbonyl (C=O) groups is 1. The second-order valence-electron chi connectivity index (χ2n) is 5.98. The van der Waals surface area contributed by atoms with E-state index in [0.717, 1.165) is 11.8 Å². The van der Waals surface area contributed by atoms with Crippen molar-refractivity contribution in [1.82, 2.24) is 15.5 Å². The van der Waals surface area contributed by atoms with Crippen LogP contribution in [-0.4, -0.2) is 30.8 Å². The van der Waals surface area contributed by atoms with E-state index in [4.69, 9.17) is 0 Å². The zero-order chi connectivity index (χ0) is 18.9. The van der Waals surface area contributed by atoms with Gasteiger partial charge in [0.25, 0.3) is 11.5 Å². The van der Waals surface area contributed by atoms with Gasteiger partial charge in [-0.25, -0.2) is 13.5 Å². The Labute approximate surface area is 150 Å². The van der Waals surface area contributed by atoms with E-state index in [1.165, 1.54) is 12.1 Å². The minimum Gasteiger partial charge on any atom is -0.344 e. The molecule has 2 N–H and O–H groups in total. The van der Waals surface area contributed by atoms with Crippen LogP contribution in [0, 0.1) is 0 Å². The summed E-state index contributed by atoms with van der Waals surface area (Å²) in [5, 5.41) is 9.86. The second kappa shape index (κ2) is 6.72. The molecule has 0 aliphatic rings. The van der Waals surface area contributed by atoms with Crippen LogP contribution in [0.3, 0.4) is 0 Å². The zero-order valence-electron chi connectivity index (χ0n) is 14.2. The summed E-state index contributed by atoms with van der Waals surface area (Å²) in [7, 11) is -3.27. The van der Waals surface area contributed by atoms with E-state index in [2.05, 4.69) is 15.5 Å². The molecular formula is C18H17N3O4S. The van der Waals surface area contributed by atoms with Gasteiger partial charge in [0, 0.05) is 11.6 Å². The van der Waals surface area contributed by atoms with Gasteiger partial charge in [-0.3, -0.25) is 9.59 Å². The number of hydrogen-bond donors (Lipinski definition) is 2. The van der Waals surface area contributed by atoms with Crippen molar-refractivity contribution in [3.63, 3.8) is 0 Å². The molecule has 1 heterocycles. The molecule has 0 bridgehead atoms. The fourth-order valence-corrected chi connectivity index (χ4v) is 3.27. The quantitative estimate of drug-likeness (QED) is 0.727. The molecule has 8 heteroatoms. The van der Waals surface area contributed by atoms with Gasteiger partial charge in [-0.05, 0) is 30.7 Å². The van der Waals surface area contributed by atoms with Gasteiger partial charge < -0.3 is 5.32 Å². The number of H-pyrrole nitrogens is 1. The highest BCUT2D eigenvalue weighted by atomic mass is 32.2. The molecule has 3 rings (SSSR count). The van der Waals surface area contributed by atoms with Gasteiger partial charge in [-0.1, -0.05) is 30.3 Å². The van der Waals surface area contributed by atoms with Gasteiger partial charge >= 0.3 is 0 Å². The lowest BCUT2D eigenvalue weighted by molar-refractivity contribution is 0.0935. The highest BCUT2D eigenvalue weighted by Gasteiger charge is 2.17. The molecule has 1 atom stereocenters. The SMILES string of the molecule is CC(NC(=O)c1n[nH]c(=O)c2ccccc12)c1ccc(S(C)(=O)=O)cc1. The summed E-state index contributed by atoms with van der Waals surface area (Å²) in [6, 6.07) is 12.7. The maximum absolute atomic E-state index is 12.6. The number of sulfone groups is 1. The molecular weight excluding hydrogens is 354 g/mol. The number of nitrogens with zero attached hydrogens (tertiary/aromatic N) is 1. The number of rotatable bonds is 4. The predicted molar refractivity (Wildman–Crippen MR) is 97.8 cm³/mol. The van der Waals surface area contributed by atoms with Crippen LogP contribution in [0.1, 0.15) is 29.0 Å². The fourth-order valence-electron chi connectivity index (χ4n) is 2.64. The summed E-state index contributed by atoms with van der Waals surface area (Å²) in [6.07, 6.45) is 1.14. The van der Waals surface area contributed by atoms with Crippen molar-refractivity contribution in [3.8, 4) is 0 Å². The molecule has 134 valence electrons. The lowest BCUT2D eigenvalue weighted by Crippen LogP contribution is -2.29. The Morgan fingerprint density at radius 2 is 1.69 bits per heavy atom. The van der Waals surface area contributed by atoms with Gasteiger partial charge in [-0.15, -0.1) is 0 Å². The Kier molecular flexibility index (Phi) is 4.60. The number of hydrogen-bond acceptors (Lipinski definition) is 5. The van der Waals surface area contributed by atoms with E-state index in [1.807, 2.05) is 0 Å². The van der Waals surface area contributed by atoms with Crippen molar-refractivity contribution in [1.29, 1.82) is 0 Å². The van der Waals surface area contributed by atoms with Crippen LogP contribution in [0.2, 0.25) is 0 Å². The van der Waals surface area contributed by atoms with E-state index in [1.54, 1.807) is 43.3 Å². The van der Waals surface area contributed by atoms with Crippen LogP contribution >= 0.6 is 0 Å². The van der Waals surface area contributed by atoms with E-state index in [9.17, 15) is 18.0 Å². The normalized spacial score (nSPS) is 12.7. The van der Waals surface area contributed by atoms with Crippen LogP contribution < -0.4 is 10.9 Å². The van der Waals surface area contributed by atoms with Crippen molar-refractivity contribution >= 4 is 26.5 Å². The molecule has 0 aliphatic carbocycles. The van der Waals surface area contributed by atoms with Crippen molar-refractivity contribution < 1.29 is 13.2 Å². The monoisotopic (exact) mass is 371 g/mol. The molecule has 3 aromatic rings. The Balaban J connectivity index is 1.86. The molecule has 2 aromatic carbocycles. The van der Waals surface area contributed by atoms with Crippen LogP contribution in [0.25, 0.3) is 10.8 Å². The zero-order valence-corrected chi connectivity index (χ0v) is 15.0.